The van der Waals surface area contributed by atoms with Gasteiger partial charge in [0.2, 0.25) is 0 Å². The van der Waals surface area contributed by atoms with Gasteiger partial charge in [-0.2, -0.15) is 0 Å². The van der Waals surface area contributed by atoms with Gasteiger partial charge in [-0.15, -0.1) is 0 Å². The molecule has 0 fully saturated rings. The zero-order chi connectivity index (χ0) is 19.2. The standard InChI is InChI=1S/C25H28N2/c1-19(2)22-12-10-21(11-13-22)18-26-23-14-16-25(17-15-23)27(20(3)4)24-8-6-5-7-9-24/h5-20H,1-4H3. The smallest absolute Gasteiger partial charge is 0.0631 e. The quantitative estimate of drug-likeness (QED) is 0.430. The van der Waals surface area contributed by atoms with E-state index in [2.05, 4.69) is 110 Å². The Morgan fingerprint density at radius 1 is 0.704 bits per heavy atom. The molecule has 0 aliphatic heterocycles. The maximum absolute atomic E-state index is 4.63. The summed E-state index contributed by atoms with van der Waals surface area (Å²) >= 11 is 0. The van der Waals surface area contributed by atoms with Crippen LogP contribution in [0.25, 0.3) is 0 Å². The number of nitrogens with zero attached hydrogens (tertiary/aromatic N) is 2. The van der Waals surface area contributed by atoms with Gasteiger partial charge in [0.15, 0.2) is 0 Å². The van der Waals surface area contributed by atoms with Crippen LogP contribution in [0.5, 0.6) is 0 Å². The SMILES string of the molecule is CC(C)c1ccc(C=Nc2ccc(N(c3ccccc3)C(C)C)cc2)cc1. The van der Waals surface area contributed by atoms with E-state index < -0.39 is 0 Å². The molecule has 0 saturated heterocycles. The van der Waals surface area contributed by atoms with Crippen molar-refractivity contribution in [2.45, 2.75) is 39.7 Å². The third kappa shape index (κ3) is 4.85. The molecule has 3 aromatic rings. The van der Waals surface area contributed by atoms with E-state index in [1.165, 1.54) is 16.9 Å². The molecule has 0 heterocycles. The van der Waals surface area contributed by atoms with E-state index >= 15 is 0 Å². The molecule has 0 bridgehead atoms. The maximum atomic E-state index is 4.63. The molecule has 0 unspecified atom stereocenters. The van der Waals surface area contributed by atoms with Gasteiger partial charge in [-0.05, 0) is 67.3 Å². The Labute approximate surface area is 163 Å². The second-order valence-corrected chi connectivity index (χ2v) is 7.40. The molecule has 0 saturated carbocycles. The fourth-order valence-electron chi connectivity index (χ4n) is 3.15. The summed E-state index contributed by atoms with van der Waals surface area (Å²) in [6.07, 6.45) is 1.93. The van der Waals surface area contributed by atoms with Crippen molar-refractivity contribution in [3.8, 4) is 0 Å². The van der Waals surface area contributed by atoms with Crippen LogP contribution >= 0.6 is 0 Å². The van der Waals surface area contributed by atoms with Crippen LogP contribution in [0.4, 0.5) is 17.1 Å². The molecule has 0 spiro atoms. The molecule has 0 aromatic heterocycles. The summed E-state index contributed by atoms with van der Waals surface area (Å²) in [7, 11) is 0. The number of aliphatic imine (C=N–C) groups is 1. The minimum atomic E-state index is 0.376. The highest BCUT2D eigenvalue weighted by molar-refractivity contribution is 5.82. The van der Waals surface area contributed by atoms with Crippen molar-refractivity contribution in [1.29, 1.82) is 0 Å². The largest absolute Gasteiger partial charge is 0.339 e. The lowest BCUT2D eigenvalue weighted by molar-refractivity contribution is 0.789. The highest BCUT2D eigenvalue weighted by Gasteiger charge is 2.12. The predicted molar refractivity (Wildman–Crippen MR) is 118 cm³/mol. The first-order valence-electron chi connectivity index (χ1n) is 9.63. The molecule has 3 aromatic carbocycles. The number of para-hydroxylation sites is 1. The second-order valence-electron chi connectivity index (χ2n) is 7.40. The lowest BCUT2D eigenvalue weighted by atomic mass is 10.0. The molecule has 0 aliphatic rings. The summed E-state index contributed by atoms with van der Waals surface area (Å²) < 4.78 is 0. The van der Waals surface area contributed by atoms with Gasteiger partial charge in [0.25, 0.3) is 0 Å². The number of rotatable bonds is 6. The second kappa shape index (κ2) is 8.68. The van der Waals surface area contributed by atoms with Gasteiger partial charge in [0.05, 0.1) is 5.69 Å². The maximum Gasteiger partial charge on any atom is 0.0631 e. The van der Waals surface area contributed by atoms with Crippen LogP contribution in [0.2, 0.25) is 0 Å². The number of benzene rings is 3. The van der Waals surface area contributed by atoms with Crippen molar-refractivity contribution in [2.75, 3.05) is 4.90 Å². The first-order chi connectivity index (χ1) is 13.0. The van der Waals surface area contributed by atoms with Gasteiger partial charge in [0, 0.05) is 23.6 Å². The lowest BCUT2D eigenvalue weighted by Gasteiger charge is -2.29. The molecule has 0 atom stereocenters. The van der Waals surface area contributed by atoms with Crippen molar-refractivity contribution in [1.82, 2.24) is 0 Å². The van der Waals surface area contributed by atoms with Crippen LogP contribution in [0.1, 0.15) is 44.7 Å². The number of hydrogen-bond donors (Lipinski definition) is 0. The summed E-state index contributed by atoms with van der Waals surface area (Å²) in [5, 5.41) is 0. The zero-order valence-corrected chi connectivity index (χ0v) is 16.6. The van der Waals surface area contributed by atoms with Gasteiger partial charge in [0.1, 0.15) is 0 Å². The predicted octanol–water partition coefficient (Wildman–Crippen LogP) is 7.11. The van der Waals surface area contributed by atoms with Gasteiger partial charge >= 0.3 is 0 Å². The van der Waals surface area contributed by atoms with Gasteiger partial charge in [-0.3, -0.25) is 4.99 Å². The zero-order valence-electron chi connectivity index (χ0n) is 16.6. The summed E-state index contributed by atoms with van der Waals surface area (Å²) in [6, 6.07) is 27.9. The average molecular weight is 357 g/mol. The van der Waals surface area contributed by atoms with E-state index in [4.69, 9.17) is 0 Å². The molecule has 0 aliphatic carbocycles. The minimum Gasteiger partial charge on any atom is -0.339 e. The molecular weight excluding hydrogens is 328 g/mol. The fourth-order valence-corrected chi connectivity index (χ4v) is 3.15. The fraction of sp³-hybridized carbons (Fsp3) is 0.240. The molecule has 27 heavy (non-hydrogen) atoms. The van der Waals surface area contributed by atoms with Crippen LogP contribution in [0, 0.1) is 0 Å². The Hall–Kier alpha value is -2.87. The molecule has 2 heteroatoms. The van der Waals surface area contributed by atoms with Crippen molar-refractivity contribution >= 4 is 23.3 Å². The Balaban J connectivity index is 1.76. The first-order valence-corrected chi connectivity index (χ1v) is 9.63. The Morgan fingerprint density at radius 3 is 1.85 bits per heavy atom. The lowest BCUT2D eigenvalue weighted by Crippen LogP contribution is -2.25. The van der Waals surface area contributed by atoms with Crippen molar-refractivity contribution in [3.05, 3.63) is 90.0 Å². The summed E-state index contributed by atoms with van der Waals surface area (Å²) in [6.45, 7) is 8.83. The highest BCUT2D eigenvalue weighted by Crippen LogP contribution is 2.29. The van der Waals surface area contributed by atoms with Gasteiger partial charge < -0.3 is 4.90 Å². The van der Waals surface area contributed by atoms with Crippen LogP contribution in [0.3, 0.4) is 0 Å². The topological polar surface area (TPSA) is 15.6 Å². The van der Waals surface area contributed by atoms with Crippen LogP contribution in [-0.4, -0.2) is 12.3 Å². The normalized spacial score (nSPS) is 11.5. The Morgan fingerprint density at radius 2 is 1.30 bits per heavy atom. The molecule has 0 amide bonds. The number of anilines is 2. The summed E-state index contributed by atoms with van der Waals surface area (Å²) in [5.74, 6) is 0.553. The minimum absolute atomic E-state index is 0.376. The van der Waals surface area contributed by atoms with E-state index in [-0.39, 0.29) is 0 Å². The van der Waals surface area contributed by atoms with Crippen molar-refractivity contribution in [3.63, 3.8) is 0 Å². The Bertz CT molecular complexity index is 860. The summed E-state index contributed by atoms with van der Waals surface area (Å²) in [4.78, 5) is 6.96. The average Bonchev–Trinajstić information content (AvgIpc) is 2.68. The van der Waals surface area contributed by atoms with E-state index in [0.29, 0.717) is 12.0 Å². The van der Waals surface area contributed by atoms with E-state index in [1.807, 2.05) is 12.3 Å². The van der Waals surface area contributed by atoms with E-state index in [1.54, 1.807) is 0 Å². The van der Waals surface area contributed by atoms with Crippen LogP contribution in [-0.2, 0) is 0 Å². The molecule has 3 rings (SSSR count). The molecule has 0 radical (unpaired) electrons. The van der Waals surface area contributed by atoms with Crippen molar-refractivity contribution < 1.29 is 0 Å². The Kier molecular flexibility index (Phi) is 6.08. The molecular formula is C25H28N2. The molecule has 2 nitrogen and oxygen atoms in total. The van der Waals surface area contributed by atoms with E-state index in [9.17, 15) is 0 Å². The monoisotopic (exact) mass is 356 g/mol. The molecule has 0 N–H and O–H groups in total. The molecule has 138 valence electrons. The first kappa shape index (κ1) is 18.9. The van der Waals surface area contributed by atoms with Crippen LogP contribution < -0.4 is 4.90 Å². The van der Waals surface area contributed by atoms with Gasteiger partial charge in [-0.1, -0.05) is 56.3 Å². The van der Waals surface area contributed by atoms with Gasteiger partial charge in [-0.25, -0.2) is 0 Å². The van der Waals surface area contributed by atoms with Crippen molar-refractivity contribution in [2.24, 2.45) is 4.99 Å². The third-order valence-electron chi connectivity index (χ3n) is 4.64. The summed E-state index contributed by atoms with van der Waals surface area (Å²) in [5.41, 5.74) is 5.82. The third-order valence-corrected chi connectivity index (χ3v) is 4.64. The highest BCUT2D eigenvalue weighted by atomic mass is 15.2. The van der Waals surface area contributed by atoms with E-state index in [0.717, 1.165) is 11.3 Å². The number of hydrogen-bond acceptors (Lipinski definition) is 2. The van der Waals surface area contributed by atoms with Crippen LogP contribution in [0.15, 0.2) is 83.9 Å².